The zero-order chi connectivity index (χ0) is 20.1. The number of hydrogen-bond acceptors (Lipinski definition) is 7. The molecule has 4 rings (SSSR count). The van der Waals surface area contributed by atoms with Crippen LogP contribution in [-0.4, -0.2) is 31.5 Å². The second kappa shape index (κ2) is 6.39. The quantitative estimate of drug-likeness (QED) is 0.752. The number of nitrogens with zero attached hydrogens (tertiary/aromatic N) is 6. The summed E-state index contributed by atoms with van der Waals surface area (Å²) in [5.41, 5.74) is 12.1. The number of benzene rings is 1. The van der Waals surface area contributed by atoms with E-state index >= 15 is 0 Å². The van der Waals surface area contributed by atoms with Gasteiger partial charge in [0.15, 0.2) is 0 Å². The van der Waals surface area contributed by atoms with Crippen LogP contribution in [0.1, 0.15) is 32.1 Å². The third-order valence-corrected chi connectivity index (χ3v) is 5.60. The maximum Gasteiger partial charge on any atom is 0.351 e. The number of hydrogen-bond donors (Lipinski definition) is 2. The van der Waals surface area contributed by atoms with Gasteiger partial charge < -0.3 is 11.5 Å². The van der Waals surface area contributed by atoms with Gasteiger partial charge >= 0.3 is 11.4 Å². The molecule has 2 aromatic rings. The topological polar surface area (TPSA) is 129 Å². The molecule has 0 unspecified atom stereocenters. The Labute approximate surface area is 161 Å². The van der Waals surface area contributed by atoms with Crippen molar-refractivity contribution < 1.29 is 0 Å². The molecule has 0 saturated heterocycles. The highest BCUT2D eigenvalue weighted by Crippen LogP contribution is 2.39. The van der Waals surface area contributed by atoms with Crippen molar-refractivity contribution in [1.82, 2.24) is 13.9 Å². The highest BCUT2D eigenvalue weighted by molar-refractivity contribution is 6.05. The Morgan fingerprint density at radius 3 is 2.00 bits per heavy atom. The van der Waals surface area contributed by atoms with Crippen LogP contribution in [-0.2, 0) is 14.1 Å². The minimum atomic E-state index is -0.532. The van der Waals surface area contributed by atoms with Gasteiger partial charge in [-0.2, -0.15) is 4.99 Å². The Kier molecular flexibility index (Phi) is 4.13. The molecule has 0 amide bonds. The predicted molar refractivity (Wildman–Crippen MR) is 108 cm³/mol. The summed E-state index contributed by atoms with van der Waals surface area (Å²) >= 11 is 0. The van der Waals surface area contributed by atoms with Crippen LogP contribution in [0, 0.1) is 0 Å². The maximum atomic E-state index is 12.4. The molecule has 0 bridgehead atoms. The molecule has 0 atom stereocenters. The van der Waals surface area contributed by atoms with Crippen molar-refractivity contribution >= 4 is 17.6 Å². The Morgan fingerprint density at radius 2 is 1.43 bits per heavy atom. The Bertz CT molecular complexity index is 1050. The minimum Gasteiger partial charge on any atom is -0.369 e. The normalized spacial score (nSPS) is 18.9. The highest BCUT2D eigenvalue weighted by Gasteiger charge is 2.42. The Morgan fingerprint density at radius 1 is 0.893 bits per heavy atom. The molecule has 2 aliphatic rings. The number of rotatable bonds is 2. The molecule has 148 valence electrons. The van der Waals surface area contributed by atoms with Crippen molar-refractivity contribution in [3.63, 3.8) is 0 Å². The van der Waals surface area contributed by atoms with E-state index in [0.29, 0.717) is 11.6 Å². The van der Waals surface area contributed by atoms with E-state index in [0.717, 1.165) is 42.4 Å². The van der Waals surface area contributed by atoms with E-state index in [9.17, 15) is 9.59 Å². The van der Waals surface area contributed by atoms with Gasteiger partial charge in [-0.05, 0) is 49.9 Å². The van der Waals surface area contributed by atoms with E-state index in [1.165, 1.54) is 9.36 Å². The van der Waals surface area contributed by atoms with Gasteiger partial charge in [0.2, 0.25) is 11.9 Å². The van der Waals surface area contributed by atoms with E-state index in [1.807, 2.05) is 17.0 Å². The van der Waals surface area contributed by atoms with Gasteiger partial charge in [-0.15, -0.1) is 0 Å². The lowest BCUT2D eigenvalue weighted by atomic mass is 9.87. The zero-order valence-corrected chi connectivity index (χ0v) is 16.0. The van der Waals surface area contributed by atoms with Crippen LogP contribution in [0.5, 0.6) is 0 Å². The van der Waals surface area contributed by atoms with Gasteiger partial charge in [-0.1, -0.05) is 6.42 Å². The first-order valence-electron chi connectivity index (χ1n) is 9.29. The largest absolute Gasteiger partial charge is 0.369 e. The summed E-state index contributed by atoms with van der Waals surface area (Å²) in [5.74, 6) is 0.501. The van der Waals surface area contributed by atoms with Crippen LogP contribution in [0.4, 0.5) is 5.69 Å². The molecule has 28 heavy (non-hydrogen) atoms. The van der Waals surface area contributed by atoms with Gasteiger partial charge in [0, 0.05) is 19.8 Å². The molecule has 1 fully saturated rings. The third-order valence-electron chi connectivity index (χ3n) is 5.60. The number of nitrogens with two attached hydrogens (primary N) is 2. The number of aromatic nitrogens is 3. The summed E-state index contributed by atoms with van der Waals surface area (Å²) in [7, 11) is 3.10. The Balaban J connectivity index is 1.76. The van der Waals surface area contributed by atoms with Crippen molar-refractivity contribution in [3.8, 4) is 5.69 Å². The van der Waals surface area contributed by atoms with Crippen LogP contribution in [0.25, 0.3) is 5.69 Å². The zero-order valence-electron chi connectivity index (χ0n) is 16.0. The lowest BCUT2D eigenvalue weighted by molar-refractivity contribution is 0.305. The SMILES string of the molecule is Cn1c(=O)n(-c2ccc(N3C(N)=NC(N)=NC34CCCCC4)cc2)c(=O)n1C. The molecule has 1 spiro atoms. The van der Waals surface area contributed by atoms with Gasteiger partial charge in [0.25, 0.3) is 0 Å². The third kappa shape index (κ3) is 2.63. The molecule has 1 aromatic heterocycles. The van der Waals surface area contributed by atoms with Crippen molar-refractivity contribution in [1.29, 1.82) is 0 Å². The van der Waals surface area contributed by atoms with Crippen molar-refractivity contribution in [3.05, 3.63) is 45.2 Å². The van der Waals surface area contributed by atoms with Crippen LogP contribution in [0.3, 0.4) is 0 Å². The average molecular weight is 384 g/mol. The molecule has 1 aromatic carbocycles. The molecular formula is C18H24N8O2. The first kappa shape index (κ1) is 18.1. The molecule has 1 aliphatic heterocycles. The first-order chi connectivity index (χ1) is 13.3. The smallest absolute Gasteiger partial charge is 0.351 e. The molecule has 1 aliphatic carbocycles. The van der Waals surface area contributed by atoms with E-state index in [4.69, 9.17) is 11.5 Å². The van der Waals surface area contributed by atoms with E-state index < -0.39 is 17.0 Å². The summed E-state index contributed by atoms with van der Waals surface area (Å²) < 4.78 is 3.66. The number of anilines is 1. The fourth-order valence-electron chi connectivity index (χ4n) is 4.09. The summed E-state index contributed by atoms with van der Waals surface area (Å²) in [6.45, 7) is 0. The molecule has 4 N–H and O–H groups in total. The maximum absolute atomic E-state index is 12.4. The van der Waals surface area contributed by atoms with Crippen LogP contribution in [0.15, 0.2) is 43.8 Å². The molecule has 2 heterocycles. The summed E-state index contributed by atoms with van der Waals surface area (Å²) in [6.07, 6.45) is 4.90. The molecule has 0 radical (unpaired) electrons. The number of aliphatic imine (C=N–C) groups is 2. The monoisotopic (exact) mass is 384 g/mol. The van der Waals surface area contributed by atoms with E-state index in [2.05, 4.69) is 9.98 Å². The summed E-state index contributed by atoms with van der Waals surface area (Å²) in [6, 6.07) is 7.10. The van der Waals surface area contributed by atoms with Crippen molar-refractivity contribution in [2.45, 2.75) is 37.8 Å². The second-order valence-corrected chi connectivity index (χ2v) is 7.28. The minimum absolute atomic E-state index is 0.201. The van der Waals surface area contributed by atoms with Gasteiger partial charge in [-0.3, -0.25) is 4.90 Å². The summed E-state index contributed by atoms with van der Waals surface area (Å²) in [4.78, 5) is 35.4. The van der Waals surface area contributed by atoms with Crippen LogP contribution < -0.4 is 27.7 Å². The standard InChI is InChI=1S/C18H24N8O2/c1-23-16(27)25(17(28)24(23)2)12-6-8-13(9-7-12)26-15(20)21-14(19)22-18(26)10-4-3-5-11-18/h6-9H,3-5,10-11H2,1-2H3,(H4,19,20,21,22). The summed E-state index contributed by atoms with van der Waals surface area (Å²) in [5, 5.41) is 0. The molecular weight excluding hydrogens is 360 g/mol. The van der Waals surface area contributed by atoms with E-state index in [1.54, 1.807) is 26.2 Å². The molecule has 1 saturated carbocycles. The van der Waals surface area contributed by atoms with Gasteiger partial charge in [-0.25, -0.2) is 28.5 Å². The fraction of sp³-hybridized carbons (Fsp3) is 0.444. The van der Waals surface area contributed by atoms with Gasteiger partial charge in [0.05, 0.1) is 5.69 Å². The lowest BCUT2D eigenvalue weighted by Gasteiger charge is -2.45. The van der Waals surface area contributed by atoms with Crippen LogP contribution in [0.2, 0.25) is 0 Å². The average Bonchev–Trinajstić information content (AvgIpc) is 2.85. The van der Waals surface area contributed by atoms with Crippen molar-refractivity contribution in [2.75, 3.05) is 4.90 Å². The highest BCUT2D eigenvalue weighted by atomic mass is 16.2. The van der Waals surface area contributed by atoms with E-state index in [-0.39, 0.29) is 5.96 Å². The molecule has 10 heteroatoms. The fourth-order valence-corrected chi connectivity index (χ4v) is 4.09. The first-order valence-corrected chi connectivity index (χ1v) is 9.29. The van der Waals surface area contributed by atoms with Gasteiger partial charge in [0.1, 0.15) is 5.66 Å². The lowest BCUT2D eigenvalue weighted by Crippen LogP contribution is -2.58. The van der Waals surface area contributed by atoms with Crippen LogP contribution >= 0.6 is 0 Å². The predicted octanol–water partition coefficient (Wildman–Crippen LogP) is -0.0155. The molecule has 10 nitrogen and oxygen atoms in total. The van der Waals surface area contributed by atoms with Crippen molar-refractivity contribution in [2.24, 2.45) is 35.5 Å². The second-order valence-electron chi connectivity index (χ2n) is 7.28. The number of guanidine groups is 2. The Hall–Kier alpha value is -3.30.